The van der Waals surface area contributed by atoms with Gasteiger partial charge in [-0.1, -0.05) is 31.2 Å². The van der Waals surface area contributed by atoms with E-state index in [1.54, 1.807) is 6.92 Å². The van der Waals surface area contributed by atoms with E-state index in [1.165, 1.54) is 5.56 Å². The fraction of sp³-hybridized carbons (Fsp3) is 0.429. The van der Waals surface area contributed by atoms with Crippen molar-refractivity contribution >= 4 is 16.9 Å². The number of fused-ring (bicyclic) bond motifs is 1. The third-order valence-corrected chi connectivity index (χ3v) is 5.40. The first kappa shape index (κ1) is 25.5. The molecule has 1 unspecified atom stereocenters. The van der Waals surface area contributed by atoms with Gasteiger partial charge in [0.25, 0.3) is 0 Å². The van der Waals surface area contributed by atoms with Crippen molar-refractivity contribution in [2.24, 2.45) is 0 Å². The van der Waals surface area contributed by atoms with E-state index in [4.69, 9.17) is 18.9 Å². The highest BCUT2D eigenvalue weighted by molar-refractivity contribution is 5.86. The molecular formula is C28H35NO5. The van der Waals surface area contributed by atoms with E-state index in [-0.39, 0.29) is 18.7 Å². The number of nitrogens with zero attached hydrogens (tertiary/aromatic N) is 1. The molecule has 0 radical (unpaired) electrons. The summed E-state index contributed by atoms with van der Waals surface area (Å²) in [5, 5.41) is 0.987. The molecular weight excluding hydrogens is 430 g/mol. The van der Waals surface area contributed by atoms with Crippen LogP contribution in [0.15, 0.2) is 48.7 Å². The quantitative estimate of drug-likeness (QED) is 0.321. The maximum Gasteiger partial charge on any atom is 0.335 e. The summed E-state index contributed by atoms with van der Waals surface area (Å²) in [5.74, 6) is 1.12. The highest BCUT2D eigenvalue weighted by Crippen LogP contribution is 2.32. The number of hydrogen-bond acceptors (Lipinski definition) is 6. The highest BCUT2D eigenvalue weighted by Gasteiger charge is 2.22. The molecule has 6 nitrogen and oxygen atoms in total. The van der Waals surface area contributed by atoms with Crippen LogP contribution in [0.25, 0.3) is 10.9 Å². The van der Waals surface area contributed by atoms with Gasteiger partial charge in [-0.25, -0.2) is 4.79 Å². The maximum atomic E-state index is 12.3. The molecule has 2 aromatic carbocycles. The standard InChI is InChI=1S/C28H35NO5/c1-6-20-13-14-24-23(15-20)27(34-19(4)5)22(17-29-24)18-33-25-12-10-9-11-21(25)16-26(31-7-2)28(30)32-8-3/h9-15,17,19,26H,6-8,16,18H2,1-5H3. The van der Waals surface area contributed by atoms with Gasteiger partial charge in [0.05, 0.1) is 23.8 Å². The molecule has 6 heteroatoms. The minimum atomic E-state index is -0.677. The molecule has 0 aliphatic heterocycles. The Bertz CT molecular complexity index is 1100. The van der Waals surface area contributed by atoms with Gasteiger partial charge in [-0.15, -0.1) is 0 Å². The average Bonchev–Trinajstić information content (AvgIpc) is 2.83. The third-order valence-electron chi connectivity index (χ3n) is 5.40. The largest absolute Gasteiger partial charge is 0.490 e. The second kappa shape index (κ2) is 12.4. The summed E-state index contributed by atoms with van der Waals surface area (Å²) >= 11 is 0. The summed E-state index contributed by atoms with van der Waals surface area (Å²) in [6, 6.07) is 14.0. The second-order valence-corrected chi connectivity index (χ2v) is 8.28. The lowest BCUT2D eigenvalue weighted by Crippen LogP contribution is -2.29. The van der Waals surface area contributed by atoms with Crippen LogP contribution in [-0.4, -0.2) is 36.4 Å². The van der Waals surface area contributed by atoms with Gasteiger partial charge >= 0.3 is 5.97 Å². The Hall–Kier alpha value is -3.12. The summed E-state index contributed by atoms with van der Waals surface area (Å²) in [6.07, 6.45) is 2.46. The molecule has 1 atom stereocenters. The zero-order valence-corrected chi connectivity index (χ0v) is 20.8. The molecule has 0 saturated heterocycles. The number of esters is 1. The number of carbonyl (C=O) groups excluding carboxylic acids is 1. The fourth-order valence-corrected chi connectivity index (χ4v) is 3.77. The predicted molar refractivity (Wildman–Crippen MR) is 133 cm³/mol. The summed E-state index contributed by atoms with van der Waals surface area (Å²) in [4.78, 5) is 17.0. The lowest BCUT2D eigenvalue weighted by Gasteiger charge is -2.19. The second-order valence-electron chi connectivity index (χ2n) is 8.28. The van der Waals surface area contributed by atoms with Gasteiger partial charge in [0.2, 0.25) is 0 Å². The lowest BCUT2D eigenvalue weighted by atomic mass is 10.1. The molecule has 0 N–H and O–H groups in total. The van der Waals surface area contributed by atoms with E-state index >= 15 is 0 Å². The van der Waals surface area contributed by atoms with Crippen molar-refractivity contribution < 1.29 is 23.7 Å². The van der Waals surface area contributed by atoms with Gasteiger partial charge < -0.3 is 18.9 Å². The van der Waals surface area contributed by atoms with Crippen LogP contribution in [0.2, 0.25) is 0 Å². The topological polar surface area (TPSA) is 66.9 Å². The molecule has 0 aliphatic rings. The molecule has 3 rings (SSSR count). The Labute approximate surface area is 202 Å². The molecule has 0 aliphatic carbocycles. The van der Waals surface area contributed by atoms with Crippen LogP contribution in [-0.2, 0) is 33.7 Å². The number of para-hydroxylation sites is 1. The Kier molecular flexibility index (Phi) is 9.28. The lowest BCUT2D eigenvalue weighted by molar-refractivity contribution is -0.156. The molecule has 182 valence electrons. The molecule has 1 aromatic heterocycles. The van der Waals surface area contributed by atoms with Crippen LogP contribution < -0.4 is 9.47 Å². The van der Waals surface area contributed by atoms with E-state index in [1.807, 2.05) is 57.3 Å². The third kappa shape index (κ3) is 6.48. The number of aryl methyl sites for hydroxylation is 1. The van der Waals surface area contributed by atoms with Gasteiger partial charge in [-0.05, 0) is 63.4 Å². The first-order valence-corrected chi connectivity index (χ1v) is 12.0. The van der Waals surface area contributed by atoms with Crippen LogP contribution in [0.3, 0.4) is 0 Å². The Morgan fingerprint density at radius 3 is 2.50 bits per heavy atom. The van der Waals surface area contributed by atoms with Gasteiger partial charge in [0, 0.05) is 24.6 Å². The summed E-state index contributed by atoms with van der Waals surface area (Å²) in [6.45, 7) is 10.8. The molecule has 3 aromatic rings. The highest BCUT2D eigenvalue weighted by atomic mass is 16.6. The minimum absolute atomic E-state index is 0.0125. The average molecular weight is 466 g/mol. The van der Waals surface area contributed by atoms with Crippen molar-refractivity contribution in [1.29, 1.82) is 0 Å². The monoisotopic (exact) mass is 465 g/mol. The molecule has 1 heterocycles. The minimum Gasteiger partial charge on any atom is -0.490 e. The summed E-state index contributed by atoms with van der Waals surface area (Å²) in [7, 11) is 0. The summed E-state index contributed by atoms with van der Waals surface area (Å²) < 4.78 is 23.3. The Morgan fingerprint density at radius 1 is 1.00 bits per heavy atom. The Balaban J connectivity index is 1.88. The normalized spacial score (nSPS) is 12.1. The number of ether oxygens (including phenoxy) is 4. The molecule has 0 saturated carbocycles. The fourth-order valence-electron chi connectivity index (χ4n) is 3.77. The van der Waals surface area contributed by atoms with Gasteiger partial charge in [0.15, 0.2) is 6.10 Å². The zero-order chi connectivity index (χ0) is 24.5. The number of rotatable bonds is 12. The first-order valence-electron chi connectivity index (χ1n) is 12.0. The number of hydrogen-bond donors (Lipinski definition) is 0. The molecule has 0 amide bonds. The van der Waals surface area contributed by atoms with Crippen molar-refractivity contribution in [1.82, 2.24) is 4.98 Å². The van der Waals surface area contributed by atoms with Crippen molar-refractivity contribution in [2.75, 3.05) is 13.2 Å². The Morgan fingerprint density at radius 2 is 1.79 bits per heavy atom. The maximum absolute atomic E-state index is 12.3. The molecule has 0 bridgehead atoms. The van der Waals surface area contributed by atoms with Crippen molar-refractivity contribution in [3.63, 3.8) is 0 Å². The molecule has 34 heavy (non-hydrogen) atoms. The molecule has 0 spiro atoms. The zero-order valence-electron chi connectivity index (χ0n) is 20.8. The van der Waals surface area contributed by atoms with E-state index in [0.717, 1.165) is 34.2 Å². The van der Waals surface area contributed by atoms with E-state index in [2.05, 4.69) is 24.0 Å². The van der Waals surface area contributed by atoms with Crippen molar-refractivity contribution in [3.05, 3.63) is 65.4 Å². The van der Waals surface area contributed by atoms with Gasteiger partial charge in [-0.3, -0.25) is 4.98 Å². The van der Waals surface area contributed by atoms with Crippen LogP contribution >= 0.6 is 0 Å². The van der Waals surface area contributed by atoms with E-state index < -0.39 is 6.10 Å². The van der Waals surface area contributed by atoms with Crippen LogP contribution in [0.5, 0.6) is 11.5 Å². The number of benzene rings is 2. The predicted octanol–water partition coefficient (Wildman–Crippen LogP) is 5.67. The number of carbonyl (C=O) groups is 1. The van der Waals surface area contributed by atoms with Crippen LogP contribution in [0.4, 0.5) is 0 Å². The van der Waals surface area contributed by atoms with Gasteiger partial charge in [0.1, 0.15) is 18.1 Å². The number of aromatic nitrogens is 1. The first-order chi connectivity index (χ1) is 16.5. The van der Waals surface area contributed by atoms with Crippen LogP contribution in [0, 0.1) is 0 Å². The molecule has 0 fully saturated rings. The van der Waals surface area contributed by atoms with E-state index in [9.17, 15) is 4.79 Å². The van der Waals surface area contributed by atoms with E-state index in [0.29, 0.717) is 25.4 Å². The smallest absolute Gasteiger partial charge is 0.335 e. The van der Waals surface area contributed by atoms with Gasteiger partial charge in [-0.2, -0.15) is 0 Å². The summed E-state index contributed by atoms with van der Waals surface area (Å²) in [5.41, 5.74) is 3.87. The SMILES string of the molecule is CCOC(=O)C(Cc1ccccc1OCc1cnc2ccc(CC)cc2c1OC(C)C)OCC. The van der Waals surface area contributed by atoms with Crippen molar-refractivity contribution in [3.8, 4) is 11.5 Å². The van der Waals surface area contributed by atoms with Crippen molar-refractivity contribution in [2.45, 2.75) is 66.3 Å². The van der Waals surface area contributed by atoms with Crippen LogP contribution in [0.1, 0.15) is 51.3 Å². The number of pyridine rings is 1.